The predicted molar refractivity (Wildman–Crippen MR) is 63.6 cm³/mol. The highest BCUT2D eigenvalue weighted by molar-refractivity contribution is 5.98. The summed E-state index contributed by atoms with van der Waals surface area (Å²) in [5.41, 5.74) is 5.49. The van der Waals surface area contributed by atoms with Crippen LogP contribution in [0.1, 0.15) is 10.4 Å². The highest BCUT2D eigenvalue weighted by Crippen LogP contribution is 2.09. The van der Waals surface area contributed by atoms with Gasteiger partial charge in [0.2, 0.25) is 0 Å². The van der Waals surface area contributed by atoms with Gasteiger partial charge in [-0.05, 0) is 6.07 Å². The van der Waals surface area contributed by atoms with Crippen molar-refractivity contribution in [1.29, 1.82) is 0 Å². The summed E-state index contributed by atoms with van der Waals surface area (Å²) in [5.74, 6) is -1.09. The van der Waals surface area contributed by atoms with E-state index in [0.29, 0.717) is 26.4 Å². The topological polar surface area (TPSA) is 86.5 Å². The monoisotopic (exact) mass is 257 g/mol. The Labute approximate surface area is 104 Å². The van der Waals surface area contributed by atoms with Crippen LogP contribution in [0.25, 0.3) is 0 Å². The number of pyridine rings is 1. The zero-order chi connectivity index (χ0) is 13.4. The maximum Gasteiger partial charge on any atom is 0.255 e. The summed E-state index contributed by atoms with van der Waals surface area (Å²) in [5, 5.41) is 2.55. The Kier molecular flexibility index (Phi) is 6.03. The number of anilines is 1. The molecule has 0 fully saturated rings. The normalized spacial score (nSPS) is 10.3. The van der Waals surface area contributed by atoms with Gasteiger partial charge in [0, 0.05) is 13.7 Å². The molecule has 0 aromatic carbocycles. The lowest BCUT2D eigenvalue weighted by molar-refractivity contribution is 0.0693. The summed E-state index contributed by atoms with van der Waals surface area (Å²) in [6.07, 6.45) is 0.958. The van der Waals surface area contributed by atoms with Gasteiger partial charge in [-0.15, -0.1) is 0 Å². The van der Waals surface area contributed by atoms with Crippen LogP contribution in [0.15, 0.2) is 12.3 Å². The third kappa shape index (κ3) is 4.64. The van der Waals surface area contributed by atoms with E-state index in [4.69, 9.17) is 15.2 Å². The van der Waals surface area contributed by atoms with Crippen molar-refractivity contribution in [2.75, 3.05) is 39.2 Å². The van der Waals surface area contributed by atoms with Crippen molar-refractivity contribution in [3.63, 3.8) is 0 Å². The molecule has 1 rings (SSSR count). The molecule has 1 aromatic heterocycles. The Morgan fingerprint density at radius 3 is 3.00 bits per heavy atom. The molecule has 1 amide bonds. The summed E-state index contributed by atoms with van der Waals surface area (Å²) in [7, 11) is 1.57. The Morgan fingerprint density at radius 2 is 2.28 bits per heavy atom. The van der Waals surface area contributed by atoms with Gasteiger partial charge in [-0.3, -0.25) is 4.79 Å². The molecule has 1 aromatic rings. The predicted octanol–water partition coefficient (Wildman–Crippen LogP) is 0.196. The second-order valence-corrected chi connectivity index (χ2v) is 3.45. The third-order valence-corrected chi connectivity index (χ3v) is 2.09. The van der Waals surface area contributed by atoms with Crippen molar-refractivity contribution in [3.8, 4) is 0 Å². The van der Waals surface area contributed by atoms with E-state index < -0.39 is 11.7 Å². The molecular weight excluding hydrogens is 241 g/mol. The molecule has 0 saturated carbocycles. The standard InChI is InChI=1S/C11H16FN3O3/c1-17-4-5-18-3-2-14-11(16)9-6-8(12)7-15-10(9)13/h6-7H,2-5H2,1H3,(H2,13,15)(H,14,16). The number of carbonyl (C=O) groups is 1. The van der Waals surface area contributed by atoms with Crippen LogP contribution in [0.5, 0.6) is 0 Å². The molecule has 1 heterocycles. The Balaban J connectivity index is 2.34. The van der Waals surface area contributed by atoms with Gasteiger partial charge >= 0.3 is 0 Å². The first-order chi connectivity index (χ1) is 8.65. The van der Waals surface area contributed by atoms with Crippen LogP contribution in [0.2, 0.25) is 0 Å². The van der Waals surface area contributed by atoms with Crippen LogP contribution in [-0.4, -0.2) is 44.4 Å². The van der Waals surface area contributed by atoms with Crippen molar-refractivity contribution in [2.24, 2.45) is 0 Å². The average Bonchev–Trinajstić information content (AvgIpc) is 2.36. The van der Waals surface area contributed by atoms with Gasteiger partial charge in [-0.2, -0.15) is 0 Å². The second kappa shape index (κ2) is 7.57. The summed E-state index contributed by atoms with van der Waals surface area (Å²) in [6.45, 7) is 1.60. The average molecular weight is 257 g/mol. The summed E-state index contributed by atoms with van der Waals surface area (Å²) in [6, 6.07) is 1.05. The molecule has 0 unspecified atom stereocenters. The van der Waals surface area contributed by atoms with E-state index in [1.807, 2.05) is 0 Å². The minimum absolute atomic E-state index is 0.00537. The lowest BCUT2D eigenvalue weighted by atomic mass is 10.2. The largest absolute Gasteiger partial charge is 0.383 e. The molecule has 0 spiro atoms. The minimum atomic E-state index is -0.606. The van der Waals surface area contributed by atoms with Crippen LogP contribution in [0.4, 0.5) is 10.2 Å². The lowest BCUT2D eigenvalue weighted by Gasteiger charge is -2.07. The highest BCUT2D eigenvalue weighted by atomic mass is 19.1. The third-order valence-electron chi connectivity index (χ3n) is 2.09. The Morgan fingerprint density at radius 1 is 1.50 bits per heavy atom. The zero-order valence-electron chi connectivity index (χ0n) is 10.1. The quantitative estimate of drug-likeness (QED) is 0.681. The van der Waals surface area contributed by atoms with Crippen molar-refractivity contribution in [2.45, 2.75) is 0 Å². The molecule has 7 heteroatoms. The van der Waals surface area contributed by atoms with E-state index in [1.165, 1.54) is 0 Å². The first kappa shape index (κ1) is 14.3. The fourth-order valence-electron chi connectivity index (χ4n) is 1.21. The fraction of sp³-hybridized carbons (Fsp3) is 0.455. The number of halogens is 1. The van der Waals surface area contributed by atoms with E-state index in [-0.39, 0.29) is 11.4 Å². The summed E-state index contributed by atoms with van der Waals surface area (Å²) in [4.78, 5) is 15.2. The smallest absolute Gasteiger partial charge is 0.255 e. The number of ether oxygens (including phenoxy) is 2. The number of nitrogens with zero attached hydrogens (tertiary/aromatic N) is 1. The van der Waals surface area contributed by atoms with Gasteiger partial charge in [-0.1, -0.05) is 0 Å². The van der Waals surface area contributed by atoms with Crippen LogP contribution >= 0.6 is 0 Å². The van der Waals surface area contributed by atoms with Crippen LogP contribution in [0, 0.1) is 5.82 Å². The molecule has 3 N–H and O–H groups in total. The number of hydrogen-bond acceptors (Lipinski definition) is 5. The number of nitrogens with one attached hydrogen (secondary N) is 1. The number of amides is 1. The first-order valence-electron chi connectivity index (χ1n) is 5.41. The van der Waals surface area contributed by atoms with E-state index in [9.17, 15) is 9.18 Å². The molecule has 0 saturated heterocycles. The van der Waals surface area contributed by atoms with Gasteiger partial charge in [0.15, 0.2) is 0 Å². The van der Waals surface area contributed by atoms with Gasteiger partial charge in [0.1, 0.15) is 11.6 Å². The van der Waals surface area contributed by atoms with Crippen LogP contribution in [0.3, 0.4) is 0 Å². The van der Waals surface area contributed by atoms with E-state index in [0.717, 1.165) is 12.3 Å². The fourth-order valence-corrected chi connectivity index (χ4v) is 1.21. The molecule has 0 atom stereocenters. The molecule has 0 aliphatic rings. The molecule has 18 heavy (non-hydrogen) atoms. The molecular formula is C11H16FN3O3. The van der Waals surface area contributed by atoms with E-state index >= 15 is 0 Å². The Hall–Kier alpha value is -1.73. The zero-order valence-corrected chi connectivity index (χ0v) is 10.1. The van der Waals surface area contributed by atoms with Gasteiger partial charge in [-0.25, -0.2) is 9.37 Å². The molecule has 0 radical (unpaired) electrons. The number of carbonyl (C=O) groups excluding carboxylic acids is 1. The highest BCUT2D eigenvalue weighted by Gasteiger charge is 2.11. The number of methoxy groups -OCH3 is 1. The number of rotatable bonds is 7. The molecule has 0 aliphatic heterocycles. The Bertz CT molecular complexity index is 401. The molecule has 0 bridgehead atoms. The van der Waals surface area contributed by atoms with Gasteiger partial charge < -0.3 is 20.5 Å². The molecule has 0 aliphatic carbocycles. The molecule has 6 nitrogen and oxygen atoms in total. The van der Waals surface area contributed by atoms with Gasteiger partial charge in [0.05, 0.1) is 31.6 Å². The maximum atomic E-state index is 12.9. The number of nitrogens with two attached hydrogens (primary N) is 1. The first-order valence-corrected chi connectivity index (χ1v) is 5.41. The minimum Gasteiger partial charge on any atom is -0.383 e. The van der Waals surface area contributed by atoms with Crippen molar-refractivity contribution < 1.29 is 18.7 Å². The number of hydrogen-bond donors (Lipinski definition) is 2. The summed E-state index contributed by atoms with van der Waals surface area (Å²) < 4.78 is 22.8. The van der Waals surface area contributed by atoms with Gasteiger partial charge in [0.25, 0.3) is 5.91 Å². The van der Waals surface area contributed by atoms with Crippen LogP contribution < -0.4 is 11.1 Å². The van der Waals surface area contributed by atoms with E-state index in [2.05, 4.69) is 10.3 Å². The maximum absolute atomic E-state index is 12.9. The SMILES string of the molecule is COCCOCCNC(=O)c1cc(F)cnc1N. The summed E-state index contributed by atoms with van der Waals surface area (Å²) >= 11 is 0. The van der Waals surface area contributed by atoms with Crippen molar-refractivity contribution in [3.05, 3.63) is 23.6 Å². The number of aromatic nitrogens is 1. The van der Waals surface area contributed by atoms with Crippen molar-refractivity contribution in [1.82, 2.24) is 10.3 Å². The molecule has 100 valence electrons. The lowest BCUT2D eigenvalue weighted by Crippen LogP contribution is -2.28. The van der Waals surface area contributed by atoms with Crippen molar-refractivity contribution >= 4 is 11.7 Å². The second-order valence-electron chi connectivity index (χ2n) is 3.45. The van der Waals surface area contributed by atoms with E-state index in [1.54, 1.807) is 7.11 Å². The number of nitrogen functional groups attached to an aromatic ring is 1. The van der Waals surface area contributed by atoms with Crippen LogP contribution in [-0.2, 0) is 9.47 Å².